The molecule has 0 fully saturated rings. The smallest absolute Gasteiger partial charge is 0.363 e. The Morgan fingerprint density at radius 1 is 1.11 bits per heavy atom. The number of cyclic esters (lactones) is 1. The molecule has 0 unspecified atom stereocenters. The second-order valence-electron chi connectivity index (χ2n) is 6.13. The molecule has 1 aliphatic rings. The van der Waals surface area contributed by atoms with E-state index in [-0.39, 0.29) is 5.70 Å². The van der Waals surface area contributed by atoms with Gasteiger partial charge in [0.05, 0.1) is 4.88 Å². The van der Waals surface area contributed by atoms with Crippen molar-refractivity contribution in [2.75, 3.05) is 0 Å². The number of hydrogen-bond donors (Lipinski definition) is 0. The van der Waals surface area contributed by atoms with Crippen LogP contribution in [0.25, 0.3) is 6.08 Å². The molecule has 0 aliphatic carbocycles. The zero-order chi connectivity index (χ0) is 18.6. The van der Waals surface area contributed by atoms with Gasteiger partial charge in [0.2, 0.25) is 5.90 Å². The van der Waals surface area contributed by atoms with Crippen molar-refractivity contribution in [1.29, 1.82) is 0 Å². The van der Waals surface area contributed by atoms with Crippen LogP contribution in [0.5, 0.6) is 5.75 Å². The van der Waals surface area contributed by atoms with Crippen LogP contribution >= 0.6 is 11.3 Å². The van der Waals surface area contributed by atoms with Crippen molar-refractivity contribution in [2.45, 2.75) is 13.5 Å². The number of carbonyl (C=O) groups is 1. The minimum atomic E-state index is -0.452. The van der Waals surface area contributed by atoms with E-state index in [1.807, 2.05) is 53.9 Å². The standard InChI is InChI=1S/C22H17NO3S/c1-15-6-4-7-16(12-15)14-25-19-9-3-2-8-17(19)13-18-22(24)26-21(23-18)20-10-5-11-27-20/h2-13H,14H2,1H3. The first-order valence-electron chi connectivity index (χ1n) is 8.53. The Kier molecular flexibility index (Phi) is 4.85. The molecule has 4 rings (SSSR count). The summed E-state index contributed by atoms with van der Waals surface area (Å²) in [4.78, 5) is 17.3. The third-order valence-electron chi connectivity index (χ3n) is 4.04. The SMILES string of the molecule is Cc1cccc(COc2ccccc2C=C2N=C(c3cccs3)OC2=O)c1. The number of hydrogen-bond acceptors (Lipinski definition) is 5. The summed E-state index contributed by atoms with van der Waals surface area (Å²) in [5.74, 6) is 0.588. The fourth-order valence-corrected chi connectivity index (χ4v) is 3.41. The number of benzene rings is 2. The Bertz CT molecular complexity index is 1040. The molecule has 0 radical (unpaired) electrons. The average molecular weight is 375 g/mol. The van der Waals surface area contributed by atoms with Gasteiger partial charge >= 0.3 is 5.97 Å². The van der Waals surface area contributed by atoms with Crippen molar-refractivity contribution in [2.24, 2.45) is 4.99 Å². The number of para-hydroxylation sites is 1. The molecule has 0 saturated heterocycles. The van der Waals surface area contributed by atoms with E-state index >= 15 is 0 Å². The lowest BCUT2D eigenvalue weighted by atomic mass is 10.1. The highest BCUT2D eigenvalue weighted by Crippen LogP contribution is 2.26. The molecule has 5 heteroatoms. The number of ether oxygens (including phenoxy) is 2. The van der Waals surface area contributed by atoms with Crippen molar-refractivity contribution in [1.82, 2.24) is 0 Å². The Morgan fingerprint density at radius 3 is 2.81 bits per heavy atom. The third-order valence-corrected chi connectivity index (χ3v) is 4.90. The molecule has 3 aromatic rings. The molecule has 0 atom stereocenters. The zero-order valence-corrected chi connectivity index (χ0v) is 15.5. The molecule has 1 aromatic heterocycles. The van der Waals surface area contributed by atoms with Crippen molar-refractivity contribution < 1.29 is 14.3 Å². The number of carbonyl (C=O) groups excluding carboxylic acids is 1. The quantitative estimate of drug-likeness (QED) is 0.467. The fourth-order valence-electron chi connectivity index (χ4n) is 2.76. The molecule has 2 aromatic carbocycles. The van der Waals surface area contributed by atoms with Gasteiger partial charge in [0.15, 0.2) is 5.70 Å². The first-order chi connectivity index (χ1) is 13.2. The molecule has 134 valence electrons. The summed E-state index contributed by atoms with van der Waals surface area (Å²) < 4.78 is 11.3. The van der Waals surface area contributed by atoms with Gasteiger partial charge < -0.3 is 9.47 Å². The van der Waals surface area contributed by atoms with E-state index in [9.17, 15) is 4.79 Å². The van der Waals surface area contributed by atoms with Gasteiger partial charge in [-0.25, -0.2) is 9.79 Å². The number of thiophene rings is 1. The van der Waals surface area contributed by atoms with E-state index in [0.29, 0.717) is 18.3 Å². The van der Waals surface area contributed by atoms with Crippen LogP contribution in [0.15, 0.2) is 76.7 Å². The molecular weight excluding hydrogens is 358 g/mol. The Hall–Kier alpha value is -3.18. The molecule has 0 spiro atoms. The molecule has 27 heavy (non-hydrogen) atoms. The molecular formula is C22H17NO3S. The second kappa shape index (κ2) is 7.60. The summed E-state index contributed by atoms with van der Waals surface area (Å²) in [6, 6.07) is 19.5. The maximum absolute atomic E-state index is 12.2. The van der Waals surface area contributed by atoms with E-state index < -0.39 is 5.97 Å². The normalized spacial score (nSPS) is 14.9. The van der Waals surface area contributed by atoms with Gasteiger partial charge in [0.25, 0.3) is 0 Å². The largest absolute Gasteiger partial charge is 0.488 e. The van der Waals surface area contributed by atoms with E-state index in [0.717, 1.165) is 16.0 Å². The summed E-state index contributed by atoms with van der Waals surface area (Å²) in [5, 5.41) is 1.92. The van der Waals surface area contributed by atoms with Crippen LogP contribution in [-0.4, -0.2) is 11.9 Å². The van der Waals surface area contributed by atoms with Gasteiger partial charge in [0.1, 0.15) is 12.4 Å². The van der Waals surface area contributed by atoms with Crippen molar-refractivity contribution >= 4 is 29.3 Å². The van der Waals surface area contributed by atoms with Gasteiger partial charge in [-0.1, -0.05) is 54.1 Å². The van der Waals surface area contributed by atoms with Gasteiger partial charge in [0, 0.05) is 5.56 Å². The first-order valence-corrected chi connectivity index (χ1v) is 9.41. The molecule has 0 amide bonds. The lowest BCUT2D eigenvalue weighted by Gasteiger charge is -2.09. The summed E-state index contributed by atoms with van der Waals surface area (Å²) in [7, 11) is 0. The molecule has 2 heterocycles. The Morgan fingerprint density at radius 2 is 2.00 bits per heavy atom. The van der Waals surface area contributed by atoms with Crippen LogP contribution in [0.1, 0.15) is 21.6 Å². The van der Waals surface area contributed by atoms with E-state index in [1.54, 1.807) is 6.08 Å². The maximum atomic E-state index is 12.2. The molecule has 4 nitrogen and oxygen atoms in total. The zero-order valence-electron chi connectivity index (χ0n) is 14.7. The van der Waals surface area contributed by atoms with Crippen LogP contribution in [0.2, 0.25) is 0 Å². The Balaban J connectivity index is 1.57. The van der Waals surface area contributed by atoms with Crippen LogP contribution in [0, 0.1) is 6.92 Å². The first kappa shape index (κ1) is 17.2. The fraction of sp³-hybridized carbons (Fsp3) is 0.0909. The third kappa shape index (κ3) is 3.99. The number of esters is 1. The summed E-state index contributed by atoms with van der Waals surface area (Å²) in [6.45, 7) is 2.51. The highest BCUT2D eigenvalue weighted by molar-refractivity contribution is 7.12. The monoisotopic (exact) mass is 375 g/mol. The van der Waals surface area contributed by atoms with E-state index in [4.69, 9.17) is 9.47 Å². The van der Waals surface area contributed by atoms with Crippen LogP contribution in [0.3, 0.4) is 0 Å². The summed E-state index contributed by atoms with van der Waals surface area (Å²) in [6.07, 6.45) is 1.70. The topological polar surface area (TPSA) is 47.9 Å². The van der Waals surface area contributed by atoms with Gasteiger partial charge in [-0.3, -0.25) is 0 Å². The molecule has 0 N–H and O–H groups in total. The predicted molar refractivity (Wildman–Crippen MR) is 107 cm³/mol. The second-order valence-corrected chi connectivity index (χ2v) is 7.08. The molecule has 0 saturated carbocycles. The lowest BCUT2D eigenvalue weighted by molar-refractivity contribution is -0.129. The minimum Gasteiger partial charge on any atom is -0.488 e. The highest BCUT2D eigenvalue weighted by Gasteiger charge is 2.25. The number of rotatable bonds is 5. The van der Waals surface area contributed by atoms with E-state index in [1.165, 1.54) is 16.9 Å². The van der Waals surface area contributed by atoms with Gasteiger partial charge in [-0.05, 0) is 36.1 Å². The average Bonchev–Trinajstić information content (AvgIpc) is 3.31. The summed E-state index contributed by atoms with van der Waals surface area (Å²) >= 11 is 1.48. The molecule has 1 aliphatic heterocycles. The van der Waals surface area contributed by atoms with E-state index in [2.05, 4.69) is 24.0 Å². The van der Waals surface area contributed by atoms with Crippen LogP contribution < -0.4 is 4.74 Å². The van der Waals surface area contributed by atoms with Crippen LogP contribution in [0.4, 0.5) is 0 Å². The maximum Gasteiger partial charge on any atom is 0.363 e. The van der Waals surface area contributed by atoms with Crippen molar-refractivity contribution in [3.05, 3.63) is 93.3 Å². The Labute approximate surface area is 161 Å². The minimum absolute atomic E-state index is 0.269. The number of aryl methyl sites for hydroxylation is 1. The molecule has 0 bridgehead atoms. The van der Waals surface area contributed by atoms with Crippen LogP contribution in [-0.2, 0) is 16.1 Å². The summed E-state index contributed by atoms with van der Waals surface area (Å²) in [5.41, 5.74) is 3.34. The number of aliphatic imine (C=N–C) groups is 1. The van der Waals surface area contributed by atoms with Crippen molar-refractivity contribution in [3.8, 4) is 5.75 Å². The highest BCUT2D eigenvalue weighted by atomic mass is 32.1. The number of nitrogens with zero attached hydrogens (tertiary/aromatic N) is 1. The van der Waals surface area contributed by atoms with Crippen molar-refractivity contribution in [3.63, 3.8) is 0 Å². The van der Waals surface area contributed by atoms with Gasteiger partial charge in [-0.15, -0.1) is 11.3 Å². The van der Waals surface area contributed by atoms with Gasteiger partial charge in [-0.2, -0.15) is 0 Å². The predicted octanol–water partition coefficient (Wildman–Crippen LogP) is 4.98. The lowest BCUT2D eigenvalue weighted by Crippen LogP contribution is -2.03.